The van der Waals surface area contributed by atoms with Gasteiger partial charge in [-0.3, -0.25) is 10.1 Å². The molecule has 0 heterocycles. The summed E-state index contributed by atoms with van der Waals surface area (Å²) in [5.41, 5.74) is 4.67. The molecule has 0 radical (unpaired) electrons. The van der Waals surface area contributed by atoms with E-state index in [0.29, 0.717) is 5.56 Å². The first-order valence-corrected chi connectivity index (χ1v) is 7.76. The fourth-order valence-electron chi connectivity index (χ4n) is 2.82. The summed E-state index contributed by atoms with van der Waals surface area (Å²) in [5, 5.41) is 3.28. The number of carbonyl (C=O) groups excluding carboxylic acids is 1. The van der Waals surface area contributed by atoms with Gasteiger partial charge < -0.3 is 5.73 Å². The molecule has 1 aromatic rings. The van der Waals surface area contributed by atoms with Crippen molar-refractivity contribution in [2.24, 2.45) is 5.73 Å². The lowest BCUT2D eigenvalue weighted by molar-refractivity contribution is -0.124. The maximum absolute atomic E-state index is 14.1. The number of carbonyl (C=O) groups is 1. The van der Waals surface area contributed by atoms with Gasteiger partial charge in [0, 0.05) is 16.1 Å². The molecule has 1 fully saturated rings. The number of amides is 1. The van der Waals surface area contributed by atoms with Gasteiger partial charge in [0.05, 0.1) is 0 Å². The summed E-state index contributed by atoms with van der Waals surface area (Å²) < 4.78 is 14.8. The van der Waals surface area contributed by atoms with E-state index in [2.05, 4.69) is 21.2 Å². The fourth-order valence-corrected chi connectivity index (χ4v) is 3.18. The molecule has 0 saturated heterocycles. The minimum absolute atomic E-state index is 0.208. The Kier molecular flexibility index (Phi) is 4.81. The predicted octanol–water partition coefficient (Wildman–Crippen LogP) is 3.21. The summed E-state index contributed by atoms with van der Waals surface area (Å²) in [6.07, 6.45) is 5.48. The highest BCUT2D eigenvalue weighted by Gasteiger charge is 2.37. The molecule has 1 aliphatic rings. The SMILES string of the molecule is CC(NC1CCCCC1)(C(N)=O)c1cc(Br)ccc1F. The summed E-state index contributed by atoms with van der Waals surface area (Å²) in [4.78, 5) is 11.9. The molecule has 20 heavy (non-hydrogen) atoms. The van der Waals surface area contributed by atoms with Crippen molar-refractivity contribution in [3.05, 3.63) is 34.1 Å². The number of hydrogen-bond donors (Lipinski definition) is 2. The van der Waals surface area contributed by atoms with E-state index < -0.39 is 17.3 Å². The van der Waals surface area contributed by atoms with Crippen molar-refractivity contribution in [1.29, 1.82) is 0 Å². The highest BCUT2D eigenvalue weighted by molar-refractivity contribution is 9.10. The van der Waals surface area contributed by atoms with Crippen molar-refractivity contribution in [1.82, 2.24) is 5.32 Å². The lowest BCUT2D eigenvalue weighted by atomic mass is 9.86. The molecule has 0 spiro atoms. The van der Waals surface area contributed by atoms with Crippen LogP contribution in [0.15, 0.2) is 22.7 Å². The van der Waals surface area contributed by atoms with Crippen LogP contribution in [-0.4, -0.2) is 11.9 Å². The van der Waals surface area contributed by atoms with Gasteiger partial charge in [-0.1, -0.05) is 35.2 Å². The molecular weight excluding hydrogens is 323 g/mol. The van der Waals surface area contributed by atoms with Crippen molar-refractivity contribution in [3.8, 4) is 0 Å². The number of nitrogens with one attached hydrogen (secondary N) is 1. The summed E-state index contributed by atoms with van der Waals surface area (Å²) in [6.45, 7) is 1.66. The minimum Gasteiger partial charge on any atom is -0.368 e. The van der Waals surface area contributed by atoms with Crippen molar-refractivity contribution >= 4 is 21.8 Å². The maximum atomic E-state index is 14.1. The average Bonchev–Trinajstić information content (AvgIpc) is 2.42. The maximum Gasteiger partial charge on any atom is 0.242 e. The fraction of sp³-hybridized carbons (Fsp3) is 0.533. The Labute approximate surface area is 127 Å². The second-order valence-corrected chi connectivity index (χ2v) is 6.51. The van der Waals surface area contributed by atoms with Gasteiger partial charge in [0.25, 0.3) is 0 Å². The second-order valence-electron chi connectivity index (χ2n) is 5.59. The smallest absolute Gasteiger partial charge is 0.242 e. The third-order valence-corrected chi connectivity index (χ3v) is 4.55. The van der Waals surface area contributed by atoms with E-state index in [-0.39, 0.29) is 6.04 Å². The Bertz CT molecular complexity index is 503. The van der Waals surface area contributed by atoms with Crippen molar-refractivity contribution in [3.63, 3.8) is 0 Å². The van der Waals surface area contributed by atoms with Crippen LogP contribution in [0.5, 0.6) is 0 Å². The second kappa shape index (κ2) is 6.22. The Hall–Kier alpha value is -0.940. The summed E-state index contributed by atoms with van der Waals surface area (Å²) in [5.74, 6) is -0.974. The van der Waals surface area contributed by atoms with Crippen LogP contribution in [-0.2, 0) is 10.3 Å². The third kappa shape index (κ3) is 3.20. The Morgan fingerprint density at radius 1 is 1.40 bits per heavy atom. The van der Waals surface area contributed by atoms with E-state index in [9.17, 15) is 9.18 Å². The molecular formula is C15H20BrFN2O. The molecule has 0 aliphatic heterocycles. The molecule has 110 valence electrons. The van der Waals surface area contributed by atoms with Crippen LogP contribution < -0.4 is 11.1 Å². The molecule has 3 N–H and O–H groups in total. The molecule has 3 nitrogen and oxygen atoms in total. The Balaban J connectivity index is 2.32. The van der Waals surface area contributed by atoms with Crippen molar-refractivity contribution in [2.75, 3.05) is 0 Å². The zero-order chi connectivity index (χ0) is 14.8. The summed E-state index contributed by atoms with van der Waals surface area (Å²) in [6, 6.07) is 4.79. The predicted molar refractivity (Wildman–Crippen MR) is 80.7 cm³/mol. The first-order valence-electron chi connectivity index (χ1n) is 6.96. The van der Waals surface area contributed by atoms with E-state index in [1.165, 1.54) is 12.5 Å². The first kappa shape index (κ1) is 15.4. The molecule has 0 bridgehead atoms. The highest BCUT2D eigenvalue weighted by atomic mass is 79.9. The number of benzene rings is 1. The van der Waals surface area contributed by atoms with Gasteiger partial charge in [0.15, 0.2) is 0 Å². The summed E-state index contributed by atoms with van der Waals surface area (Å²) in [7, 11) is 0. The van der Waals surface area contributed by atoms with E-state index in [1.807, 2.05) is 0 Å². The Morgan fingerprint density at radius 2 is 2.05 bits per heavy atom. The summed E-state index contributed by atoms with van der Waals surface area (Å²) >= 11 is 3.32. The van der Waals surface area contributed by atoms with Crippen molar-refractivity contribution in [2.45, 2.75) is 50.6 Å². The monoisotopic (exact) mass is 342 g/mol. The van der Waals surface area contributed by atoms with Gasteiger partial charge in [-0.2, -0.15) is 0 Å². The quantitative estimate of drug-likeness (QED) is 0.882. The van der Waals surface area contributed by atoms with Gasteiger partial charge >= 0.3 is 0 Å². The molecule has 1 saturated carbocycles. The largest absolute Gasteiger partial charge is 0.368 e. The van der Waals surface area contributed by atoms with Gasteiger partial charge in [-0.25, -0.2) is 4.39 Å². The first-order chi connectivity index (χ1) is 9.43. The number of rotatable bonds is 4. The molecule has 2 rings (SSSR count). The number of primary amides is 1. The lowest BCUT2D eigenvalue weighted by Gasteiger charge is -2.35. The van der Waals surface area contributed by atoms with E-state index in [4.69, 9.17) is 5.73 Å². The van der Waals surface area contributed by atoms with Crippen LogP contribution in [0.4, 0.5) is 4.39 Å². The van der Waals surface area contributed by atoms with Crippen LogP contribution in [0.25, 0.3) is 0 Å². The molecule has 1 unspecified atom stereocenters. The molecule has 1 aromatic carbocycles. The van der Waals surface area contributed by atoms with Crippen molar-refractivity contribution < 1.29 is 9.18 Å². The van der Waals surface area contributed by atoms with Gasteiger partial charge in [0.2, 0.25) is 5.91 Å². The molecule has 1 amide bonds. The van der Waals surface area contributed by atoms with Crippen LogP contribution in [0, 0.1) is 5.82 Å². The standard InChI is InChI=1S/C15H20BrFN2O/c1-15(14(18)20,19-11-5-3-2-4-6-11)12-9-10(16)7-8-13(12)17/h7-9,11,19H,2-6H2,1H3,(H2,18,20). The van der Waals surface area contributed by atoms with Gasteiger partial charge in [0.1, 0.15) is 11.4 Å². The Morgan fingerprint density at radius 3 is 2.65 bits per heavy atom. The van der Waals surface area contributed by atoms with Crippen LogP contribution in [0.2, 0.25) is 0 Å². The average molecular weight is 343 g/mol. The van der Waals surface area contributed by atoms with E-state index >= 15 is 0 Å². The zero-order valence-corrected chi connectivity index (χ0v) is 13.2. The zero-order valence-electron chi connectivity index (χ0n) is 11.6. The van der Waals surface area contributed by atoms with Gasteiger partial charge in [-0.15, -0.1) is 0 Å². The number of halogens is 2. The van der Waals surface area contributed by atoms with Gasteiger partial charge in [-0.05, 0) is 38.0 Å². The minimum atomic E-state index is -1.18. The third-order valence-electron chi connectivity index (χ3n) is 4.06. The van der Waals surface area contributed by atoms with Crippen LogP contribution in [0.3, 0.4) is 0 Å². The molecule has 1 atom stereocenters. The molecule has 0 aromatic heterocycles. The van der Waals surface area contributed by atoms with E-state index in [0.717, 1.165) is 30.2 Å². The normalized spacial score (nSPS) is 19.6. The molecule has 5 heteroatoms. The van der Waals surface area contributed by atoms with Crippen LogP contribution >= 0.6 is 15.9 Å². The molecule has 1 aliphatic carbocycles. The topological polar surface area (TPSA) is 55.1 Å². The number of hydrogen-bond acceptors (Lipinski definition) is 2. The number of nitrogens with two attached hydrogens (primary N) is 1. The highest BCUT2D eigenvalue weighted by Crippen LogP contribution is 2.29. The van der Waals surface area contributed by atoms with Crippen LogP contribution in [0.1, 0.15) is 44.6 Å². The lowest BCUT2D eigenvalue weighted by Crippen LogP contribution is -2.55. The van der Waals surface area contributed by atoms with E-state index in [1.54, 1.807) is 19.1 Å².